The standard InChI is InChI=1S/C18H26N2O4S/c1-9-14-13(10(2)21)17(22)19(14)15(18(23)24)16(9)25-12-8-20(3)6-4-11(12)5-7-20/h9-14,21H,4-8H2,1-3H3/p+1/t9-,10-,11?,12?,13-,14-,20?/m1/s1. The summed E-state index contributed by atoms with van der Waals surface area (Å²) in [5, 5.41) is 20.1. The number of carbonyl (C=O) groups excluding carboxylic acids is 1. The van der Waals surface area contributed by atoms with Crippen LogP contribution in [-0.2, 0) is 9.59 Å². The van der Waals surface area contributed by atoms with Crippen molar-refractivity contribution in [2.75, 3.05) is 26.7 Å². The summed E-state index contributed by atoms with van der Waals surface area (Å²) in [5.74, 6) is -1.10. The van der Waals surface area contributed by atoms with Crippen molar-refractivity contribution in [2.24, 2.45) is 17.8 Å². The zero-order valence-electron chi connectivity index (χ0n) is 15.0. The van der Waals surface area contributed by atoms with Crippen LogP contribution >= 0.6 is 11.8 Å². The lowest BCUT2D eigenvalue weighted by molar-refractivity contribution is -0.923. The Bertz CT molecular complexity index is 653. The molecule has 5 atom stereocenters. The molecule has 5 rings (SSSR count). The van der Waals surface area contributed by atoms with Crippen molar-refractivity contribution < 1.29 is 24.3 Å². The number of aliphatic carboxylic acids is 1. The van der Waals surface area contributed by atoms with Crippen LogP contribution in [0.15, 0.2) is 10.6 Å². The molecule has 5 aliphatic rings. The molecule has 0 aliphatic carbocycles. The smallest absolute Gasteiger partial charge is 0.353 e. The minimum atomic E-state index is -1.02. The summed E-state index contributed by atoms with van der Waals surface area (Å²) in [5.41, 5.74) is 0.170. The zero-order chi connectivity index (χ0) is 18.1. The maximum Gasteiger partial charge on any atom is 0.353 e. The van der Waals surface area contributed by atoms with Gasteiger partial charge in [0.2, 0.25) is 5.91 Å². The lowest BCUT2D eigenvalue weighted by Gasteiger charge is -2.50. The molecule has 2 N–H and O–H groups in total. The maximum absolute atomic E-state index is 12.4. The summed E-state index contributed by atoms with van der Waals surface area (Å²) in [6.07, 6.45) is 1.68. The van der Waals surface area contributed by atoms with E-state index < -0.39 is 18.0 Å². The van der Waals surface area contributed by atoms with Crippen LogP contribution in [-0.4, -0.2) is 75.6 Å². The Morgan fingerprint density at radius 3 is 2.52 bits per heavy atom. The Morgan fingerprint density at radius 2 is 2.00 bits per heavy atom. The summed E-state index contributed by atoms with van der Waals surface area (Å²) in [7, 11) is 2.30. The first-order chi connectivity index (χ1) is 11.7. The number of aliphatic hydroxyl groups is 1. The van der Waals surface area contributed by atoms with Crippen molar-refractivity contribution in [2.45, 2.75) is 44.1 Å². The van der Waals surface area contributed by atoms with E-state index in [2.05, 4.69) is 7.05 Å². The van der Waals surface area contributed by atoms with Gasteiger partial charge in [0.25, 0.3) is 0 Å². The monoisotopic (exact) mass is 367 g/mol. The molecule has 1 amide bonds. The Morgan fingerprint density at radius 1 is 1.36 bits per heavy atom. The number of amides is 1. The van der Waals surface area contributed by atoms with E-state index in [1.165, 1.54) is 30.8 Å². The molecule has 138 valence electrons. The number of aliphatic hydroxyl groups excluding tert-OH is 1. The van der Waals surface area contributed by atoms with Gasteiger partial charge in [-0.05, 0) is 12.8 Å². The lowest BCUT2D eigenvalue weighted by Crippen LogP contribution is -2.63. The summed E-state index contributed by atoms with van der Waals surface area (Å²) < 4.78 is 1.08. The third-order valence-electron chi connectivity index (χ3n) is 6.82. The second kappa shape index (κ2) is 5.72. The zero-order valence-corrected chi connectivity index (χ0v) is 15.8. The second-order valence-corrected chi connectivity index (χ2v) is 9.80. The highest BCUT2D eigenvalue weighted by Gasteiger charge is 2.60. The topological polar surface area (TPSA) is 77.8 Å². The average Bonchev–Trinajstić information content (AvgIpc) is 2.77. The normalized spacial score (nSPS) is 43.9. The molecule has 0 aromatic rings. The highest BCUT2D eigenvalue weighted by molar-refractivity contribution is 8.03. The van der Waals surface area contributed by atoms with E-state index in [0.29, 0.717) is 11.2 Å². The number of carbonyl (C=O) groups is 2. The SMILES string of the molecule is C[C@@H](O)[C@H]1C(=O)N2C(C(=O)O)=C(SC3C[N+]4(C)CCC3CC4)[C@H](C)[C@H]12. The van der Waals surface area contributed by atoms with E-state index in [9.17, 15) is 19.8 Å². The predicted octanol–water partition coefficient (Wildman–Crippen LogP) is 1.11. The molecule has 5 aliphatic heterocycles. The summed E-state index contributed by atoms with van der Waals surface area (Å²) in [6.45, 7) is 7.15. The van der Waals surface area contributed by atoms with Gasteiger partial charge in [0.1, 0.15) is 5.70 Å². The Kier molecular flexibility index (Phi) is 3.98. The Balaban J connectivity index is 1.62. The number of β-lactam (4-membered cyclic amide) rings is 1. The molecule has 0 radical (unpaired) electrons. The molecule has 6 nitrogen and oxygen atoms in total. The van der Waals surface area contributed by atoms with Crippen LogP contribution in [0.2, 0.25) is 0 Å². The van der Waals surface area contributed by atoms with Gasteiger partial charge in [0.05, 0.1) is 50.0 Å². The Hall–Kier alpha value is -1.05. The highest BCUT2D eigenvalue weighted by Crippen LogP contribution is 2.53. The van der Waals surface area contributed by atoms with Crippen LogP contribution in [0.3, 0.4) is 0 Å². The van der Waals surface area contributed by atoms with Gasteiger partial charge in [0.15, 0.2) is 0 Å². The molecule has 0 spiro atoms. The third-order valence-corrected chi connectivity index (χ3v) is 8.47. The fraction of sp³-hybridized carbons (Fsp3) is 0.778. The number of fused-ring (bicyclic) bond motifs is 4. The number of hydrogen-bond donors (Lipinski definition) is 2. The molecule has 7 heteroatoms. The van der Waals surface area contributed by atoms with Crippen molar-refractivity contribution in [3.8, 4) is 0 Å². The van der Waals surface area contributed by atoms with E-state index in [4.69, 9.17) is 0 Å². The number of nitrogens with zero attached hydrogens (tertiary/aromatic N) is 2. The molecule has 0 aromatic carbocycles. The van der Waals surface area contributed by atoms with Crippen LogP contribution in [0.5, 0.6) is 0 Å². The molecule has 1 unspecified atom stereocenters. The summed E-state index contributed by atoms with van der Waals surface area (Å²) in [4.78, 5) is 26.6. The van der Waals surface area contributed by atoms with E-state index in [1.807, 2.05) is 6.92 Å². The fourth-order valence-electron chi connectivity index (χ4n) is 5.32. The first-order valence-corrected chi connectivity index (χ1v) is 10.1. The van der Waals surface area contributed by atoms with Gasteiger partial charge in [-0.15, -0.1) is 11.8 Å². The van der Waals surface area contributed by atoms with Gasteiger partial charge in [-0.25, -0.2) is 4.79 Å². The van der Waals surface area contributed by atoms with Crippen LogP contribution in [0, 0.1) is 17.8 Å². The molecular formula is C18H27N2O4S+. The second-order valence-electron chi connectivity index (χ2n) is 8.51. The fourth-order valence-corrected chi connectivity index (χ4v) is 7.20. The largest absolute Gasteiger partial charge is 0.477 e. The molecule has 25 heavy (non-hydrogen) atoms. The quantitative estimate of drug-likeness (QED) is 0.575. The van der Waals surface area contributed by atoms with Gasteiger partial charge >= 0.3 is 5.97 Å². The number of piperidine rings is 3. The summed E-state index contributed by atoms with van der Waals surface area (Å²) >= 11 is 1.71. The van der Waals surface area contributed by atoms with Gasteiger partial charge in [-0.1, -0.05) is 6.92 Å². The van der Waals surface area contributed by atoms with Crippen molar-refractivity contribution in [1.82, 2.24) is 4.90 Å². The van der Waals surface area contributed by atoms with E-state index in [-0.39, 0.29) is 23.6 Å². The van der Waals surface area contributed by atoms with Crippen LogP contribution in [0.1, 0.15) is 26.7 Å². The minimum absolute atomic E-state index is 0.0193. The molecule has 4 fully saturated rings. The number of hydrogen-bond acceptors (Lipinski definition) is 4. The van der Waals surface area contributed by atoms with Crippen LogP contribution in [0.25, 0.3) is 0 Å². The van der Waals surface area contributed by atoms with Gasteiger partial charge in [0, 0.05) is 23.7 Å². The van der Waals surface area contributed by atoms with E-state index in [0.717, 1.165) is 15.9 Å². The first-order valence-electron chi connectivity index (χ1n) is 9.22. The molecule has 2 bridgehead atoms. The van der Waals surface area contributed by atoms with Crippen LogP contribution in [0.4, 0.5) is 0 Å². The molecule has 4 saturated heterocycles. The van der Waals surface area contributed by atoms with Gasteiger partial charge in [-0.2, -0.15) is 0 Å². The van der Waals surface area contributed by atoms with Crippen molar-refractivity contribution >= 4 is 23.6 Å². The molecule has 5 heterocycles. The van der Waals surface area contributed by atoms with Crippen molar-refractivity contribution in [3.05, 3.63) is 10.6 Å². The maximum atomic E-state index is 12.4. The third kappa shape index (κ3) is 2.46. The molecule has 0 aromatic heterocycles. The number of thioether (sulfide) groups is 1. The number of carboxylic acid groups (broad SMARTS) is 1. The van der Waals surface area contributed by atoms with Crippen molar-refractivity contribution in [3.63, 3.8) is 0 Å². The van der Waals surface area contributed by atoms with Crippen LogP contribution < -0.4 is 0 Å². The highest BCUT2D eigenvalue weighted by atomic mass is 32.2. The average molecular weight is 367 g/mol. The van der Waals surface area contributed by atoms with Crippen molar-refractivity contribution in [1.29, 1.82) is 0 Å². The molecule has 0 saturated carbocycles. The number of carboxylic acids is 1. The first kappa shape index (κ1) is 17.4. The van der Waals surface area contributed by atoms with E-state index in [1.54, 1.807) is 18.7 Å². The van der Waals surface area contributed by atoms with Gasteiger partial charge in [-0.3, -0.25) is 4.79 Å². The molecular weight excluding hydrogens is 340 g/mol. The predicted molar refractivity (Wildman–Crippen MR) is 94.5 cm³/mol. The van der Waals surface area contributed by atoms with E-state index >= 15 is 0 Å². The van der Waals surface area contributed by atoms with Gasteiger partial charge < -0.3 is 19.6 Å². The number of quaternary nitrogens is 1. The minimum Gasteiger partial charge on any atom is -0.477 e. The Labute approximate surface area is 152 Å². The summed E-state index contributed by atoms with van der Waals surface area (Å²) in [6, 6.07) is -0.202. The number of rotatable bonds is 4. The lowest BCUT2D eigenvalue weighted by atomic mass is 9.79.